The van der Waals surface area contributed by atoms with Crippen molar-refractivity contribution in [2.75, 3.05) is 0 Å². The average molecular weight is 325 g/mol. The highest BCUT2D eigenvalue weighted by Crippen LogP contribution is 2.23. The Bertz CT molecular complexity index is 541. The molecule has 2 rings (SSSR count). The molecule has 1 unspecified atom stereocenters. The van der Waals surface area contributed by atoms with Crippen LogP contribution in [-0.4, -0.2) is 24.9 Å². The monoisotopic (exact) mass is 324 g/mol. The Morgan fingerprint density at radius 2 is 2.16 bits per heavy atom. The predicted octanol–water partition coefficient (Wildman–Crippen LogP) is 2.37. The van der Waals surface area contributed by atoms with Gasteiger partial charge in [-0.05, 0) is 34.0 Å². The second-order valence-electron chi connectivity index (χ2n) is 4.84. The Morgan fingerprint density at radius 1 is 1.37 bits per heavy atom. The molecule has 2 aromatic heterocycles. The fourth-order valence-corrected chi connectivity index (χ4v) is 2.38. The first kappa shape index (κ1) is 14.1. The molecule has 0 spiro atoms. The van der Waals surface area contributed by atoms with Gasteiger partial charge in [0.25, 0.3) is 0 Å². The van der Waals surface area contributed by atoms with Crippen LogP contribution in [0, 0.1) is 5.92 Å². The molecule has 5 nitrogen and oxygen atoms in total. The van der Waals surface area contributed by atoms with Crippen LogP contribution in [-0.2, 0) is 13.0 Å². The third-order valence-corrected chi connectivity index (χ3v) is 3.38. The van der Waals surface area contributed by atoms with Gasteiger partial charge in [-0.2, -0.15) is 5.10 Å². The maximum atomic E-state index is 10.3. The summed E-state index contributed by atoms with van der Waals surface area (Å²) in [5, 5.41) is 14.4. The van der Waals surface area contributed by atoms with E-state index in [0.29, 0.717) is 18.0 Å². The number of aliphatic hydroxyl groups is 1. The van der Waals surface area contributed by atoms with E-state index in [2.05, 4.69) is 44.8 Å². The molecule has 1 atom stereocenters. The summed E-state index contributed by atoms with van der Waals surface area (Å²) in [6.45, 7) is 5.04. The van der Waals surface area contributed by atoms with E-state index < -0.39 is 6.10 Å². The molecule has 2 heterocycles. The van der Waals surface area contributed by atoms with Crippen molar-refractivity contribution in [3.63, 3.8) is 0 Å². The number of aliphatic hydroxyl groups excluding tert-OH is 1. The summed E-state index contributed by atoms with van der Waals surface area (Å²) in [5.74, 6) is 1.26. The number of aromatic nitrogens is 4. The summed E-state index contributed by atoms with van der Waals surface area (Å²) >= 11 is 3.39. The van der Waals surface area contributed by atoms with Crippen LogP contribution >= 0.6 is 15.9 Å². The maximum Gasteiger partial charge on any atom is 0.138 e. The van der Waals surface area contributed by atoms with E-state index in [4.69, 9.17) is 0 Å². The third-order valence-electron chi connectivity index (χ3n) is 2.71. The van der Waals surface area contributed by atoms with Gasteiger partial charge in [0.2, 0.25) is 0 Å². The number of rotatable bonds is 5. The van der Waals surface area contributed by atoms with Crippen LogP contribution in [0.15, 0.2) is 29.1 Å². The van der Waals surface area contributed by atoms with Crippen LogP contribution in [0.5, 0.6) is 0 Å². The molecule has 0 radical (unpaired) electrons. The molecule has 0 saturated heterocycles. The Kier molecular flexibility index (Phi) is 4.66. The number of hydrogen-bond donors (Lipinski definition) is 1. The Hall–Kier alpha value is -1.27. The van der Waals surface area contributed by atoms with Crippen molar-refractivity contribution in [3.8, 4) is 0 Å². The van der Waals surface area contributed by atoms with E-state index in [1.165, 1.54) is 6.33 Å². The van der Waals surface area contributed by atoms with Crippen molar-refractivity contribution >= 4 is 15.9 Å². The van der Waals surface area contributed by atoms with Crippen molar-refractivity contribution in [2.45, 2.75) is 32.9 Å². The summed E-state index contributed by atoms with van der Waals surface area (Å²) in [7, 11) is 0. The fraction of sp³-hybridized carbons (Fsp3) is 0.462. The predicted molar refractivity (Wildman–Crippen MR) is 75.5 cm³/mol. The molecule has 1 N–H and O–H groups in total. The van der Waals surface area contributed by atoms with Gasteiger partial charge in [-0.3, -0.25) is 4.98 Å². The Labute approximate surface area is 120 Å². The number of halogens is 1. The lowest BCUT2D eigenvalue weighted by Gasteiger charge is -2.13. The van der Waals surface area contributed by atoms with E-state index >= 15 is 0 Å². The minimum atomic E-state index is -0.689. The molecular formula is C13H17BrN4O. The first-order chi connectivity index (χ1) is 9.08. The summed E-state index contributed by atoms with van der Waals surface area (Å²) in [6, 6.07) is 3.69. The van der Waals surface area contributed by atoms with Gasteiger partial charge in [0.1, 0.15) is 18.3 Å². The first-order valence-corrected chi connectivity index (χ1v) is 7.02. The SMILES string of the molecule is CC(C)Cn1ncnc1CC(O)c1ncccc1Br. The van der Waals surface area contributed by atoms with E-state index in [1.54, 1.807) is 6.20 Å². The molecule has 0 aliphatic rings. The number of pyridine rings is 1. The molecular weight excluding hydrogens is 308 g/mol. The normalized spacial score (nSPS) is 12.9. The molecule has 0 aliphatic heterocycles. The molecule has 2 aromatic rings. The zero-order chi connectivity index (χ0) is 13.8. The largest absolute Gasteiger partial charge is 0.386 e. The highest BCUT2D eigenvalue weighted by molar-refractivity contribution is 9.10. The minimum Gasteiger partial charge on any atom is -0.386 e. The van der Waals surface area contributed by atoms with Crippen molar-refractivity contribution in [3.05, 3.63) is 40.6 Å². The zero-order valence-corrected chi connectivity index (χ0v) is 12.6. The lowest BCUT2D eigenvalue weighted by Crippen LogP contribution is -2.14. The summed E-state index contributed by atoms with van der Waals surface area (Å²) in [6.07, 6.45) is 2.91. The highest BCUT2D eigenvalue weighted by Gasteiger charge is 2.17. The van der Waals surface area contributed by atoms with Crippen molar-refractivity contribution in [1.82, 2.24) is 19.7 Å². The van der Waals surface area contributed by atoms with E-state index in [-0.39, 0.29) is 0 Å². The van der Waals surface area contributed by atoms with Crippen LogP contribution in [0.25, 0.3) is 0 Å². The molecule has 0 aliphatic carbocycles. The second kappa shape index (κ2) is 6.25. The Balaban J connectivity index is 2.13. The van der Waals surface area contributed by atoms with Gasteiger partial charge in [0.15, 0.2) is 0 Å². The highest BCUT2D eigenvalue weighted by atomic mass is 79.9. The molecule has 0 amide bonds. The van der Waals surface area contributed by atoms with Crippen LogP contribution in [0.4, 0.5) is 0 Å². The molecule has 6 heteroatoms. The topological polar surface area (TPSA) is 63.8 Å². The molecule has 0 aromatic carbocycles. The minimum absolute atomic E-state index is 0.405. The quantitative estimate of drug-likeness (QED) is 0.917. The van der Waals surface area contributed by atoms with Gasteiger partial charge >= 0.3 is 0 Å². The van der Waals surface area contributed by atoms with E-state index in [1.807, 2.05) is 16.8 Å². The first-order valence-electron chi connectivity index (χ1n) is 6.23. The summed E-state index contributed by atoms with van der Waals surface area (Å²) in [4.78, 5) is 8.41. The average Bonchev–Trinajstić information content (AvgIpc) is 2.76. The van der Waals surface area contributed by atoms with Gasteiger partial charge in [-0.25, -0.2) is 9.67 Å². The number of hydrogen-bond acceptors (Lipinski definition) is 4. The Morgan fingerprint density at radius 3 is 2.84 bits per heavy atom. The second-order valence-corrected chi connectivity index (χ2v) is 5.70. The molecule has 0 fully saturated rings. The fourth-order valence-electron chi connectivity index (χ4n) is 1.86. The lowest BCUT2D eigenvalue weighted by molar-refractivity contribution is 0.168. The van der Waals surface area contributed by atoms with E-state index in [9.17, 15) is 5.11 Å². The molecule has 19 heavy (non-hydrogen) atoms. The number of nitrogens with zero attached hydrogens (tertiary/aromatic N) is 4. The maximum absolute atomic E-state index is 10.3. The van der Waals surface area contributed by atoms with Gasteiger partial charge in [0.05, 0.1) is 5.69 Å². The third kappa shape index (κ3) is 3.61. The molecule has 102 valence electrons. The van der Waals surface area contributed by atoms with Gasteiger partial charge in [-0.15, -0.1) is 0 Å². The standard InChI is InChI=1S/C13H17BrN4O/c1-9(2)7-18-12(16-8-17-18)6-11(19)13-10(14)4-3-5-15-13/h3-5,8-9,11,19H,6-7H2,1-2H3. The smallest absolute Gasteiger partial charge is 0.138 e. The van der Waals surface area contributed by atoms with Crippen molar-refractivity contribution in [2.24, 2.45) is 5.92 Å². The summed E-state index contributed by atoms with van der Waals surface area (Å²) in [5.41, 5.74) is 0.626. The van der Waals surface area contributed by atoms with Gasteiger partial charge < -0.3 is 5.11 Å². The molecule has 0 bridgehead atoms. The van der Waals surface area contributed by atoms with E-state index in [0.717, 1.165) is 16.8 Å². The van der Waals surface area contributed by atoms with Crippen LogP contribution in [0.2, 0.25) is 0 Å². The van der Waals surface area contributed by atoms with Crippen molar-refractivity contribution < 1.29 is 5.11 Å². The van der Waals surface area contributed by atoms with Gasteiger partial charge in [0, 0.05) is 23.6 Å². The van der Waals surface area contributed by atoms with Crippen molar-refractivity contribution in [1.29, 1.82) is 0 Å². The van der Waals surface area contributed by atoms with Gasteiger partial charge in [-0.1, -0.05) is 13.8 Å². The molecule has 0 saturated carbocycles. The van der Waals surface area contributed by atoms with Crippen LogP contribution in [0.3, 0.4) is 0 Å². The van der Waals surface area contributed by atoms with Crippen LogP contribution < -0.4 is 0 Å². The van der Waals surface area contributed by atoms with Crippen LogP contribution in [0.1, 0.15) is 31.5 Å². The summed E-state index contributed by atoms with van der Waals surface area (Å²) < 4.78 is 2.64. The zero-order valence-electron chi connectivity index (χ0n) is 11.0. The lowest BCUT2D eigenvalue weighted by atomic mass is 10.1.